The zero-order valence-corrected chi connectivity index (χ0v) is 12.1. The van der Waals surface area contributed by atoms with Gasteiger partial charge in [-0.25, -0.2) is 4.79 Å². The average Bonchev–Trinajstić information content (AvgIpc) is 2.81. The molecule has 21 heavy (non-hydrogen) atoms. The number of Topliss-reactive ketones (excluding diaryl/α,β-unsaturated/α-hetero) is 1. The Balaban J connectivity index is 1.99. The van der Waals surface area contributed by atoms with Crippen molar-refractivity contribution in [2.75, 3.05) is 0 Å². The van der Waals surface area contributed by atoms with E-state index < -0.39 is 11.4 Å². The Morgan fingerprint density at radius 1 is 1.33 bits per heavy atom. The third kappa shape index (κ3) is 2.48. The van der Waals surface area contributed by atoms with E-state index in [0.29, 0.717) is 0 Å². The predicted molar refractivity (Wildman–Crippen MR) is 81.2 cm³/mol. The molecule has 0 unspecified atom stereocenters. The Bertz CT molecular complexity index is 889. The van der Waals surface area contributed by atoms with Crippen LogP contribution in [0, 0.1) is 6.92 Å². The first-order valence-corrected chi connectivity index (χ1v) is 7.26. The van der Waals surface area contributed by atoms with Crippen LogP contribution in [0.1, 0.15) is 21.7 Å². The predicted octanol–water partition coefficient (Wildman–Crippen LogP) is 3.29. The van der Waals surface area contributed by atoms with Gasteiger partial charge in [0.25, 0.3) is 0 Å². The highest BCUT2D eigenvalue weighted by Crippen LogP contribution is 2.27. The average molecular weight is 300 g/mol. The minimum Gasteiger partial charge on any atom is -0.507 e. The quantitative estimate of drug-likeness (QED) is 0.754. The number of ketones is 1. The van der Waals surface area contributed by atoms with Crippen LogP contribution in [0.25, 0.3) is 10.1 Å². The molecule has 5 heteroatoms. The van der Waals surface area contributed by atoms with Gasteiger partial charge in [-0.05, 0) is 29.3 Å². The van der Waals surface area contributed by atoms with Crippen LogP contribution in [0.4, 0.5) is 0 Å². The molecule has 4 nitrogen and oxygen atoms in total. The van der Waals surface area contributed by atoms with Crippen molar-refractivity contribution in [1.82, 2.24) is 0 Å². The molecule has 0 spiro atoms. The maximum atomic E-state index is 12.3. The molecular weight excluding hydrogens is 288 g/mol. The van der Waals surface area contributed by atoms with E-state index in [9.17, 15) is 14.7 Å². The molecule has 106 valence electrons. The number of thiophene rings is 1. The number of aromatic hydroxyl groups is 1. The Hall–Kier alpha value is -2.40. The number of hydrogen-bond donors (Lipinski definition) is 1. The Labute approximate surface area is 124 Å². The molecule has 3 aromatic rings. The molecule has 0 atom stereocenters. The van der Waals surface area contributed by atoms with Crippen LogP contribution in [0.15, 0.2) is 44.9 Å². The van der Waals surface area contributed by atoms with Gasteiger partial charge in [-0.3, -0.25) is 4.79 Å². The van der Waals surface area contributed by atoms with E-state index in [0.717, 1.165) is 15.6 Å². The Kier molecular flexibility index (Phi) is 3.35. The molecular formula is C16H12O4S. The van der Waals surface area contributed by atoms with Gasteiger partial charge >= 0.3 is 5.63 Å². The summed E-state index contributed by atoms with van der Waals surface area (Å²) in [6.45, 7) is 1.54. The number of fused-ring (bicyclic) bond motifs is 1. The summed E-state index contributed by atoms with van der Waals surface area (Å²) in [5.74, 6) is -0.492. The third-order valence-corrected chi connectivity index (χ3v) is 4.26. The normalized spacial score (nSPS) is 10.9. The SMILES string of the molecule is Cc1cc(O)c(C(=O)Cc2csc3ccccc23)c(=O)o1. The minimum absolute atomic E-state index is 0.0609. The van der Waals surface area contributed by atoms with Crippen molar-refractivity contribution in [3.05, 3.63) is 63.0 Å². The van der Waals surface area contributed by atoms with Crippen LogP contribution in [0.3, 0.4) is 0 Å². The van der Waals surface area contributed by atoms with Gasteiger partial charge in [-0.15, -0.1) is 11.3 Å². The van der Waals surface area contributed by atoms with E-state index in [2.05, 4.69) is 0 Å². The highest BCUT2D eigenvalue weighted by atomic mass is 32.1. The molecule has 0 saturated heterocycles. The van der Waals surface area contributed by atoms with Crippen molar-refractivity contribution < 1.29 is 14.3 Å². The van der Waals surface area contributed by atoms with Gasteiger partial charge < -0.3 is 9.52 Å². The molecule has 0 aliphatic heterocycles. The lowest BCUT2D eigenvalue weighted by molar-refractivity contribution is 0.0986. The summed E-state index contributed by atoms with van der Waals surface area (Å²) in [5, 5.41) is 12.7. The smallest absolute Gasteiger partial charge is 0.350 e. The molecule has 0 bridgehead atoms. The van der Waals surface area contributed by atoms with Crippen molar-refractivity contribution in [2.24, 2.45) is 0 Å². The second-order valence-electron chi connectivity index (χ2n) is 4.76. The number of rotatable bonds is 3. The maximum absolute atomic E-state index is 12.3. The highest BCUT2D eigenvalue weighted by Gasteiger charge is 2.19. The van der Waals surface area contributed by atoms with E-state index >= 15 is 0 Å². The molecule has 1 aromatic carbocycles. The van der Waals surface area contributed by atoms with Crippen molar-refractivity contribution in [3.8, 4) is 5.75 Å². The van der Waals surface area contributed by atoms with Crippen molar-refractivity contribution in [1.29, 1.82) is 0 Å². The topological polar surface area (TPSA) is 67.5 Å². The third-order valence-electron chi connectivity index (χ3n) is 3.24. The molecule has 0 aliphatic carbocycles. The number of carbonyl (C=O) groups excluding carboxylic acids is 1. The first kappa shape index (κ1) is 13.6. The zero-order chi connectivity index (χ0) is 15.0. The van der Waals surface area contributed by atoms with E-state index in [1.807, 2.05) is 29.6 Å². The molecule has 2 aromatic heterocycles. The van der Waals surface area contributed by atoms with Crippen LogP contribution in [0.2, 0.25) is 0 Å². The van der Waals surface area contributed by atoms with E-state index in [4.69, 9.17) is 4.42 Å². The fourth-order valence-corrected chi connectivity index (χ4v) is 3.25. The Morgan fingerprint density at radius 2 is 2.10 bits per heavy atom. The fraction of sp³-hybridized carbons (Fsp3) is 0.125. The number of hydrogen-bond acceptors (Lipinski definition) is 5. The monoisotopic (exact) mass is 300 g/mol. The summed E-state index contributed by atoms with van der Waals surface area (Å²) in [6, 6.07) is 9.03. The minimum atomic E-state index is -0.794. The number of aryl methyl sites for hydroxylation is 1. The second kappa shape index (κ2) is 5.18. The lowest BCUT2D eigenvalue weighted by atomic mass is 10.0. The van der Waals surface area contributed by atoms with Gasteiger partial charge in [0, 0.05) is 17.2 Å². The van der Waals surface area contributed by atoms with Crippen LogP contribution < -0.4 is 5.63 Å². The Morgan fingerprint density at radius 3 is 2.86 bits per heavy atom. The van der Waals surface area contributed by atoms with Gasteiger partial charge in [-0.1, -0.05) is 18.2 Å². The first-order valence-electron chi connectivity index (χ1n) is 6.38. The van der Waals surface area contributed by atoms with Gasteiger partial charge in [-0.2, -0.15) is 0 Å². The molecule has 1 N–H and O–H groups in total. The highest BCUT2D eigenvalue weighted by molar-refractivity contribution is 7.17. The van der Waals surface area contributed by atoms with E-state index in [-0.39, 0.29) is 23.5 Å². The molecule has 0 saturated carbocycles. The van der Waals surface area contributed by atoms with Crippen LogP contribution >= 0.6 is 11.3 Å². The number of carbonyl (C=O) groups is 1. The molecule has 2 heterocycles. The van der Waals surface area contributed by atoms with Crippen molar-refractivity contribution in [3.63, 3.8) is 0 Å². The number of benzene rings is 1. The van der Waals surface area contributed by atoms with Crippen LogP contribution in [-0.4, -0.2) is 10.9 Å². The second-order valence-corrected chi connectivity index (χ2v) is 5.67. The van der Waals surface area contributed by atoms with Crippen molar-refractivity contribution in [2.45, 2.75) is 13.3 Å². The molecule has 0 fully saturated rings. The van der Waals surface area contributed by atoms with E-state index in [1.54, 1.807) is 18.3 Å². The lowest BCUT2D eigenvalue weighted by Gasteiger charge is -2.03. The summed E-state index contributed by atoms with van der Waals surface area (Å²) in [6.07, 6.45) is 0.0609. The van der Waals surface area contributed by atoms with E-state index in [1.165, 1.54) is 6.07 Å². The van der Waals surface area contributed by atoms with Gasteiger partial charge in [0.15, 0.2) is 5.78 Å². The zero-order valence-electron chi connectivity index (χ0n) is 11.3. The van der Waals surface area contributed by atoms with Gasteiger partial charge in [0.1, 0.15) is 17.1 Å². The molecule has 0 amide bonds. The first-order chi connectivity index (χ1) is 10.1. The summed E-state index contributed by atoms with van der Waals surface area (Å²) in [4.78, 5) is 24.0. The van der Waals surface area contributed by atoms with Crippen molar-refractivity contribution >= 4 is 27.2 Å². The molecule has 0 aliphatic rings. The van der Waals surface area contributed by atoms with Gasteiger partial charge in [0.05, 0.1) is 0 Å². The summed E-state index contributed by atoms with van der Waals surface area (Å²) >= 11 is 1.55. The summed E-state index contributed by atoms with van der Waals surface area (Å²) < 4.78 is 5.97. The largest absolute Gasteiger partial charge is 0.507 e. The van der Waals surface area contributed by atoms with Gasteiger partial charge in [0.2, 0.25) is 0 Å². The molecule has 3 rings (SSSR count). The maximum Gasteiger partial charge on any atom is 0.350 e. The lowest BCUT2D eigenvalue weighted by Crippen LogP contribution is -2.16. The summed E-state index contributed by atoms with van der Waals surface area (Å²) in [7, 11) is 0. The van der Waals surface area contributed by atoms with Crippen LogP contribution in [0.5, 0.6) is 5.75 Å². The molecule has 0 radical (unpaired) electrons. The standard InChI is InChI=1S/C16H12O4S/c1-9-6-12(17)15(16(19)20-9)13(18)7-10-8-21-14-5-3-2-4-11(10)14/h2-6,8,17H,7H2,1H3. The van der Waals surface area contributed by atoms with Crippen LogP contribution in [-0.2, 0) is 6.42 Å². The fourth-order valence-electron chi connectivity index (χ4n) is 2.28. The summed E-state index contributed by atoms with van der Waals surface area (Å²) in [5.41, 5.74) is -0.229.